The lowest BCUT2D eigenvalue weighted by molar-refractivity contribution is 0.0896. The number of aliphatic imine (C=N–C) groups is 1. The Labute approximate surface area is 164 Å². The first-order valence-electron chi connectivity index (χ1n) is 10.6. The van der Waals surface area contributed by atoms with Crippen molar-refractivity contribution in [3.8, 4) is 0 Å². The van der Waals surface area contributed by atoms with Gasteiger partial charge in [0, 0.05) is 19.2 Å². The van der Waals surface area contributed by atoms with Crippen molar-refractivity contribution in [3.05, 3.63) is 11.9 Å². The van der Waals surface area contributed by atoms with Gasteiger partial charge in [-0.1, -0.05) is 19.8 Å². The van der Waals surface area contributed by atoms with Crippen LogP contribution >= 0.6 is 0 Å². The van der Waals surface area contributed by atoms with Crippen molar-refractivity contribution in [3.63, 3.8) is 0 Å². The average molecular weight is 379 g/mol. The number of nitrogens with zero attached hydrogens (tertiary/aromatic N) is 2. The molecule has 0 heterocycles. The highest BCUT2D eigenvalue weighted by Gasteiger charge is 2.51. The van der Waals surface area contributed by atoms with Gasteiger partial charge in [-0.25, -0.2) is 9.79 Å². The smallest absolute Gasteiger partial charge is 0.413 e. The Hall–Kier alpha value is -1.36. The molecule has 0 saturated heterocycles. The summed E-state index contributed by atoms with van der Waals surface area (Å²) in [4.78, 5) is 17.6. The van der Waals surface area contributed by atoms with Crippen molar-refractivity contribution in [2.75, 3.05) is 6.54 Å². The van der Waals surface area contributed by atoms with Crippen LogP contribution in [0.4, 0.5) is 4.79 Å². The molecule has 0 aromatic carbocycles. The van der Waals surface area contributed by atoms with Crippen LogP contribution < -0.4 is 0 Å². The number of carboxylic acid groups (broad SMARTS) is 1. The van der Waals surface area contributed by atoms with Crippen molar-refractivity contribution >= 4 is 12.3 Å². The van der Waals surface area contributed by atoms with Crippen molar-refractivity contribution in [1.82, 2.24) is 4.90 Å². The van der Waals surface area contributed by atoms with Gasteiger partial charge in [0.1, 0.15) is 5.82 Å². The van der Waals surface area contributed by atoms with E-state index in [9.17, 15) is 15.0 Å². The van der Waals surface area contributed by atoms with Crippen LogP contribution in [0.25, 0.3) is 0 Å². The molecule has 0 aliphatic heterocycles. The van der Waals surface area contributed by atoms with E-state index in [4.69, 9.17) is 0 Å². The predicted octanol–water partition coefficient (Wildman–Crippen LogP) is 5.45. The quantitative estimate of drug-likeness (QED) is 0.524. The van der Waals surface area contributed by atoms with Crippen LogP contribution in [0, 0.1) is 17.3 Å². The van der Waals surface area contributed by atoms with Crippen LogP contribution in [0.5, 0.6) is 0 Å². The Morgan fingerprint density at radius 1 is 1.33 bits per heavy atom. The molecule has 1 spiro atoms. The first-order valence-corrected chi connectivity index (χ1v) is 10.6. The normalized spacial score (nSPS) is 25.1. The molecule has 2 aliphatic carbocycles. The zero-order chi connectivity index (χ0) is 20.1. The zero-order valence-electron chi connectivity index (χ0n) is 17.6. The van der Waals surface area contributed by atoms with Gasteiger partial charge in [0.25, 0.3) is 0 Å². The fraction of sp³-hybridized carbons (Fsp3) is 0.818. The van der Waals surface area contributed by atoms with Crippen LogP contribution in [-0.2, 0) is 0 Å². The monoisotopic (exact) mass is 378 g/mol. The molecule has 0 bridgehead atoms. The van der Waals surface area contributed by atoms with Gasteiger partial charge in [0.15, 0.2) is 0 Å². The van der Waals surface area contributed by atoms with Gasteiger partial charge in [0.2, 0.25) is 0 Å². The molecular formula is C22H38N2O3. The average Bonchev–Trinajstić information content (AvgIpc) is 3.36. The van der Waals surface area contributed by atoms with Crippen LogP contribution in [0.15, 0.2) is 16.9 Å². The molecule has 2 atom stereocenters. The van der Waals surface area contributed by atoms with E-state index in [-0.39, 0.29) is 0 Å². The highest BCUT2D eigenvalue weighted by Crippen LogP contribution is 2.61. The van der Waals surface area contributed by atoms with E-state index >= 15 is 0 Å². The first-order chi connectivity index (χ1) is 12.7. The van der Waals surface area contributed by atoms with Gasteiger partial charge < -0.3 is 10.2 Å². The van der Waals surface area contributed by atoms with E-state index < -0.39 is 11.7 Å². The Kier molecular flexibility index (Phi) is 7.49. The molecular weight excluding hydrogens is 340 g/mol. The van der Waals surface area contributed by atoms with Crippen molar-refractivity contribution < 1.29 is 15.0 Å². The van der Waals surface area contributed by atoms with Gasteiger partial charge in [-0.2, -0.15) is 0 Å². The molecule has 0 aromatic heterocycles. The number of hydrogen-bond donors (Lipinski definition) is 2. The van der Waals surface area contributed by atoms with E-state index in [2.05, 4.69) is 11.9 Å². The molecule has 5 heteroatoms. The minimum absolute atomic E-state index is 0.392. The standard InChI is InChI=1S/C22H38N2O3/c1-5-7-8-18-15-17(9-10-22(18)11-12-22)16-24(20(25)26)19(6-2)23-14-13-21(3,4)27/h6,14,17-18,27H,5,7-13,15-16H2,1-4H3,(H,25,26)/b19-6+,23-14-. The second kappa shape index (κ2) is 9.22. The van der Waals surface area contributed by atoms with E-state index in [0.29, 0.717) is 30.1 Å². The number of hydrogen-bond acceptors (Lipinski definition) is 3. The number of unbranched alkanes of at least 4 members (excludes halogenated alkanes) is 1. The molecule has 2 unspecified atom stereocenters. The maximum atomic E-state index is 11.9. The van der Waals surface area contributed by atoms with E-state index in [1.807, 2.05) is 6.92 Å². The highest BCUT2D eigenvalue weighted by atomic mass is 16.4. The number of rotatable bonds is 9. The summed E-state index contributed by atoms with van der Waals surface area (Å²) in [5.74, 6) is 1.64. The van der Waals surface area contributed by atoms with Crippen LogP contribution in [0.1, 0.15) is 85.5 Å². The van der Waals surface area contributed by atoms with Crippen LogP contribution in [-0.4, -0.2) is 39.6 Å². The Morgan fingerprint density at radius 2 is 2.04 bits per heavy atom. The largest absolute Gasteiger partial charge is 0.465 e. The second-order valence-electron chi connectivity index (χ2n) is 9.21. The van der Waals surface area contributed by atoms with E-state index in [1.165, 1.54) is 43.4 Å². The molecule has 5 nitrogen and oxygen atoms in total. The summed E-state index contributed by atoms with van der Waals surface area (Å²) in [5.41, 5.74) is -0.251. The maximum Gasteiger partial charge on any atom is 0.413 e. The number of allylic oxidation sites excluding steroid dienone is 1. The van der Waals surface area contributed by atoms with Crippen molar-refractivity contribution in [1.29, 1.82) is 0 Å². The Balaban J connectivity index is 2.01. The summed E-state index contributed by atoms with van der Waals surface area (Å²) in [6.45, 7) is 8.02. The first kappa shape index (κ1) is 21.9. The number of aliphatic hydroxyl groups is 1. The van der Waals surface area contributed by atoms with Crippen molar-refractivity contribution in [2.24, 2.45) is 22.2 Å². The summed E-state index contributed by atoms with van der Waals surface area (Å²) in [6, 6.07) is 0. The summed E-state index contributed by atoms with van der Waals surface area (Å²) in [6.07, 6.45) is 12.9. The fourth-order valence-electron chi connectivity index (χ4n) is 4.52. The number of carbonyl (C=O) groups is 1. The predicted molar refractivity (Wildman–Crippen MR) is 110 cm³/mol. The lowest BCUT2D eigenvalue weighted by Gasteiger charge is -2.38. The Bertz CT molecular complexity index is 558. The third-order valence-corrected chi connectivity index (χ3v) is 6.35. The molecule has 154 valence electrons. The van der Waals surface area contributed by atoms with E-state index in [0.717, 1.165) is 18.8 Å². The van der Waals surface area contributed by atoms with Crippen LogP contribution in [0.2, 0.25) is 0 Å². The fourth-order valence-corrected chi connectivity index (χ4v) is 4.52. The maximum absolute atomic E-state index is 11.9. The zero-order valence-corrected chi connectivity index (χ0v) is 17.6. The van der Waals surface area contributed by atoms with Gasteiger partial charge in [-0.3, -0.25) is 4.90 Å². The summed E-state index contributed by atoms with van der Waals surface area (Å²) < 4.78 is 0. The lowest BCUT2D eigenvalue weighted by Crippen LogP contribution is -2.37. The van der Waals surface area contributed by atoms with Crippen molar-refractivity contribution in [2.45, 2.75) is 91.1 Å². The molecule has 27 heavy (non-hydrogen) atoms. The SMILES string of the molecule is C/C=C(\N=C/CC(C)(C)O)N(CC1CCC2(CC2)C(CCCC)C1)C(=O)O. The Morgan fingerprint density at radius 3 is 2.56 bits per heavy atom. The minimum Gasteiger partial charge on any atom is -0.465 e. The third-order valence-electron chi connectivity index (χ3n) is 6.35. The molecule has 0 aromatic rings. The second-order valence-corrected chi connectivity index (χ2v) is 9.21. The molecule has 2 saturated carbocycles. The van der Waals surface area contributed by atoms with Gasteiger partial charge in [-0.15, -0.1) is 0 Å². The molecule has 2 aliphatic rings. The van der Waals surface area contributed by atoms with Gasteiger partial charge >= 0.3 is 6.09 Å². The topological polar surface area (TPSA) is 73.1 Å². The van der Waals surface area contributed by atoms with Crippen LogP contribution in [0.3, 0.4) is 0 Å². The van der Waals surface area contributed by atoms with Gasteiger partial charge in [-0.05, 0) is 82.6 Å². The van der Waals surface area contributed by atoms with Gasteiger partial charge in [0.05, 0.1) is 5.60 Å². The summed E-state index contributed by atoms with van der Waals surface area (Å²) in [7, 11) is 0. The highest BCUT2D eigenvalue weighted by molar-refractivity contribution is 5.69. The van der Waals surface area contributed by atoms with E-state index in [1.54, 1.807) is 26.1 Å². The third kappa shape index (κ3) is 6.34. The molecule has 2 rings (SSSR count). The molecule has 2 fully saturated rings. The lowest BCUT2D eigenvalue weighted by atomic mass is 9.69. The molecule has 0 radical (unpaired) electrons. The molecule has 2 N–H and O–H groups in total. The summed E-state index contributed by atoms with van der Waals surface area (Å²) >= 11 is 0. The molecule has 1 amide bonds. The summed E-state index contributed by atoms with van der Waals surface area (Å²) in [5, 5.41) is 19.6. The number of amides is 1. The minimum atomic E-state index is -0.944.